The van der Waals surface area contributed by atoms with Crippen molar-refractivity contribution < 1.29 is 0 Å². The van der Waals surface area contributed by atoms with Gasteiger partial charge in [0.05, 0.1) is 0 Å². The zero-order chi connectivity index (χ0) is 10.9. The highest BCUT2D eigenvalue weighted by molar-refractivity contribution is 5.28. The highest BCUT2D eigenvalue weighted by Crippen LogP contribution is 2.41. The van der Waals surface area contributed by atoms with Crippen LogP contribution in [0.2, 0.25) is 0 Å². The number of nitrogens with one attached hydrogen (secondary N) is 1. The van der Waals surface area contributed by atoms with E-state index in [1.165, 1.54) is 12.0 Å². The number of benzene rings is 1. The van der Waals surface area contributed by atoms with E-state index >= 15 is 0 Å². The molecule has 0 spiro atoms. The van der Waals surface area contributed by atoms with Crippen molar-refractivity contribution in [2.45, 2.75) is 37.8 Å². The average molecular weight is 204 g/mol. The summed E-state index contributed by atoms with van der Waals surface area (Å²) in [6.07, 6.45) is 1.24. The van der Waals surface area contributed by atoms with E-state index in [1.807, 2.05) is 0 Å². The van der Waals surface area contributed by atoms with Crippen molar-refractivity contribution in [2.24, 2.45) is 5.73 Å². The van der Waals surface area contributed by atoms with Gasteiger partial charge in [0.25, 0.3) is 0 Å². The van der Waals surface area contributed by atoms with Crippen LogP contribution in [0.15, 0.2) is 30.3 Å². The van der Waals surface area contributed by atoms with Crippen LogP contribution in [0.25, 0.3) is 0 Å². The smallest absolute Gasteiger partial charge is 0.0250 e. The Bertz CT molecular complexity index is 319. The summed E-state index contributed by atoms with van der Waals surface area (Å²) in [7, 11) is 0. The molecule has 0 saturated heterocycles. The molecule has 2 heteroatoms. The van der Waals surface area contributed by atoms with Gasteiger partial charge in [-0.3, -0.25) is 0 Å². The SMILES string of the molecule is CC(C)(CN)NC1CC1c1ccccc1. The Kier molecular flexibility index (Phi) is 2.81. The number of hydrogen-bond acceptors (Lipinski definition) is 2. The second-order valence-electron chi connectivity index (χ2n) is 5.09. The number of rotatable bonds is 4. The summed E-state index contributed by atoms with van der Waals surface area (Å²) < 4.78 is 0. The normalized spacial score (nSPS) is 25.3. The first-order valence-corrected chi connectivity index (χ1v) is 5.65. The maximum Gasteiger partial charge on any atom is 0.0250 e. The maximum absolute atomic E-state index is 5.70. The van der Waals surface area contributed by atoms with Gasteiger partial charge in [0.15, 0.2) is 0 Å². The van der Waals surface area contributed by atoms with Crippen molar-refractivity contribution in [3.05, 3.63) is 35.9 Å². The Balaban J connectivity index is 1.92. The molecule has 1 aromatic rings. The summed E-state index contributed by atoms with van der Waals surface area (Å²) in [4.78, 5) is 0. The third-order valence-electron chi connectivity index (χ3n) is 3.10. The Morgan fingerprint density at radius 1 is 1.33 bits per heavy atom. The van der Waals surface area contributed by atoms with Gasteiger partial charge in [-0.1, -0.05) is 30.3 Å². The zero-order valence-corrected chi connectivity index (χ0v) is 9.53. The lowest BCUT2D eigenvalue weighted by Crippen LogP contribution is -2.47. The fourth-order valence-corrected chi connectivity index (χ4v) is 1.98. The molecular weight excluding hydrogens is 184 g/mol. The molecule has 0 aliphatic heterocycles. The minimum Gasteiger partial charge on any atom is -0.329 e. The minimum absolute atomic E-state index is 0.0637. The molecular formula is C13H20N2. The van der Waals surface area contributed by atoms with Crippen LogP contribution < -0.4 is 11.1 Å². The molecule has 1 saturated carbocycles. The monoisotopic (exact) mass is 204 g/mol. The molecule has 0 aromatic heterocycles. The van der Waals surface area contributed by atoms with Crippen LogP contribution in [0.3, 0.4) is 0 Å². The fourth-order valence-electron chi connectivity index (χ4n) is 1.98. The van der Waals surface area contributed by atoms with E-state index in [4.69, 9.17) is 5.73 Å². The van der Waals surface area contributed by atoms with Gasteiger partial charge >= 0.3 is 0 Å². The number of nitrogens with two attached hydrogens (primary N) is 1. The molecule has 0 amide bonds. The minimum atomic E-state index is 0.0637. The molecule has 3 N–H and O–H groups in total. The predicted molar refractivity (Wildman–Crippen MR) is 63.9 cm³/mol. The first kappa shape index (κ1) is 10.7. The molecule has 1 aliphatic carbocycles. The Hall–Kier alpha value is -0.860. The van der Waals surface area contributed by atoms with Gasteiger partial charge in [0.1, 0.15) is 0 Å². The molecule has 1 aliphatic rings. The van der Waals surface area contributed by atoms with Crippen LogP contribution in [0.4, 0.5) is 0 Å². The zero-order valence-electron chi connectivity index (χ0n) is 9.53. The van der Waals surface area contributed by atoms with E-state index in [2.05, 4.69) is 49.5 Å². The topological polar surface area (TPSA) is 38.0 Å². The van der Waals surface area contributed by atoms with E-state index in [0.29, 0.717) is 18.5 Å². The molecule has 15 heavy (non-hydrogen) atoms. The third kappa shape index (κ3) is 2.58. The first-order chi connectivity index (χ1) is 7.12. The second-order valence-corrected chi connectivity index (χ2v) is 5.09. The molecule has 82 valence electrons. The quantitative estimate of drug-likeness (QED) is 0.785. The van der Waals surface area contributed by atoms with Gasteiger partial charge in [-0.15, -0.1) is 0 Å². The molecule has 2 rings (SSSR count). The van der Waals surface area contributed by atoms with E-state index in [9.17, 15) is 0 Å². The van der Waals surface area contributed by atoms with Crippen molar-refractivity contribution in [3.63, 3.8) is 0 Å². The summed E-state index contributed by atoms with van der Waals surface area (Å²) in [5.41, 5.74) is 7.21. The van der Waals surface area contributed by atoms with Crippen LogP contribution in [-0.4, -0.2) is 18.1 Å². The van der Waals surface area contributed by atoms with Gasteiger partial charge in [-0.05, 0) is 25.8 Å². The average Bonchev–Trinajstić information content (AvgIpc) is 2.98. The largest absolute Gasteiger partial charge is 0.329 e. The molecule has 0 radical (unpaired) electrons. The summed E-state index contributed by atoms with van der Waals surface area (Å²) >= 11 is 0. The van der Waals surface area contributed by atoms with E-state index in [0.717, 1.165) is 0 Å². The molecule has 2 unspecified atom stereocenters. The highest BCUT2D eigenvalue weighted by Gasteiger charge is 2.40. The van der Waals surface area contributed by atoms with Crippen LogP contribution in [0.1, 0.15) is 31.7 Å². The predicted octanol–water partition coefficient (Wildman–Crippen LogP) is 1.87. The Labute approximate surface area is 91.9 Å². The van der Waals surface area contributed by atoms with Crippen LogP contribution in [0, 0.1) is 0 Å². The van der Waals surface area contributed by atoms with Crippen molar-refractivity contribution in [1.29, 1.82) is 0 Å². The molecule has 2 atom stereocenters. The molecule has 2 nitrogen and oxygen atoms in total. The Morgan fingerprint density at radius 3 is 2.60 bits per heavy atom. The van der Waals surface area contributed by atoms with Crippen LogP contribution in [0.5, 0.6) is 0 Å². The van der Waals surface area contributed by atoms with Crippen molar-refractivity contribution in [1.82, 2.24) is 5.32 Å². The van der Waals surface area contributed by atoms with Gasteiger partial charge in [0.2, 0.25) is 0 Å². The molecule has 0 bridgehead atoms. The third-order valence-corrected chi connectivity index (χ3v) is 3.10. The van der Waals surface area contributed by atoms with Crippen LogP contribution in [-0.2, 0) is 0 Å². The standard InChI is InChI=1S/C13H20N2/c1-13(2,9-14)15-12-8-11(12)10-6-4-3-5-7-10/h3-7,11-12,15H,8-9,14H2,1-2H3. The van der Waals surface area contributed by atoms with Gasteiger partial charge < -0.3 is 11.1 Å². The van der Waals surface area contributed by atoms with Crippen LogP contribution >= 0.6 is 0 Å². The highest BCUT2D eigenvalue weighted by atomic mass is 15.1. The van der Waals surface area contributed by atoms with Crippen molar-refractivity contribution in [3.8, 4) is 0 Å². The fraction of sp³-hybridized carbons (Fsp3) is 0.538. The number of hydrogen-bond donors (Lipinski definition) is 2. The molecule has 0 heterocycles. The summed E-state index contributed by atoms with van der Waals surface area (Å²) in [6.45, 7) is 5.01. The van der Waals surface area contributed by atoms with Gasteiger partial charge in [0, 0.05) is 24.0 Å². The first-order valence-electron chi connectivity index (χ1n) is 5.65. The van der Waals surface area contributed by atoms with E-state index < -0.39 is 0 Å². The van der Waals surface area contributed by atoms with Gasteiger partial charge in [-0.2, -0.15) is 0 Å². The van der Waals surface area contributed by atoms with Gasteiger partial charge in [-0.25, -0.2) is 0 Å². The van der Waals surface area contributed by atoms with E-state index in [-0.39, 0.29) is 5.54 Å². The van der Waals surface area contributed by atoms with E-state index in [1.54, 1.807) is 0 Å². The summed E-state index contributed by atoms with van der Waals surface area (Å²) in [5, 5.41) is 3.60. The lowest BCUT2D eigenvalue weighted by atomic mass is 10.1. The summed E-state index contributed by atoms with van der Waals surface area (Å²) in [6, 6.07) is 11.3. The molecule has 1 fully saturated rings. The van der Waals surface area contributed by atoms with Crippen molar-refractivity contribution >= 4 is 0 Å². The summed E-state index contributed by atoms with van der Waals surface area (Å²) in [5.74, 6) is 0.692. The Morgan fingerprint density at radius 2 is 2.00 bits per heavy atom. The van der Waals surface area contributed by atoms with Crippen molar-refractivity contribution in [2.75, 3.05) is 6.54 Å². The lowest BCUT2D eigenvalue weighted by Gasteiger charge is -2.24. The lowest BCUT2D eigenvalue weighted by molar-refractivity contribution is 0.392. The second kappa shape index (κ2) is 3.95. The molecule has 1 aromatic carbocycles. The maximum atomic E-state index is 5.70.